The van der Waals surface area contributed by atoms with Gasteiger partial charge < -0.3 is 14.8 Å². The molecule has 0 heterocycles. The van der Waals surface area contributed by atoms with Crippen LogP contribution in [-0.2, 0) is 27.1 Å². The summed E-state index contributed by atoms with van der Waals surface area (Å²) < 4.78 is 24.3. The van der Waals surface area contributed by atoms with Gasteiger partial charge in [0.15, 0.2) is 0 Å². The third kappa shape index (κ3) is 6.15. The molecule has 0 aliphatic rings. The van der Waals surface area contributed by atoms with Crippen LogP contribution in [0.2, 0.25) is 0 Å². The maximum atomic E-state index is 14.0. The van der Waals surface area contributed by atoms with Crippen LogP contribution in [0.5, 0.6) is 0 Å². The van der Waals surface area contributed by atoms with Gasteiger partial charge in [-0.25, -0.2) is 9.18 Å². The number of anilines is 1. The molecule has 0 radical (unpaired) electrons. The minimum Gasteiger partial charge on any atom is -0.465 e. The molecule has 0 fully saturated rings. The predicted molar refractivity (Wildman–Crippen MR) is 105 cm³/mol. The first-order valence-corrected chi connectivity index (χ1v) is 9.13. The molecule has 7 heteroatoms. The first-order chi connectivity index (χ1) is 12.9. The van der Waals surface area contributed by atoms with E-state index >= 15 is 0 Å². The van der Waals surface area contributed by atoms with E-state index in [2.05, 4.69) is 21.2 Å². The van der Waals surface area contributed by atoms with Gasteiger partial charge in [0.2, 0.25) is 0 Å². The average molecular weight is 438 g/mol. The first-order valence-electron chi connectivity index (χ1n) is 8.34. The Morgan fingerprint density at radius 2 is 1.78 bits per heavy atom. The summed E-state index contributed by atoms with van der Waals surface area (Å²) in [4.78, 5) is 24.2. The zero-order chi connectivity index (χ0) is 19.8. The van der Waals surface area contributed by atoms with Gasteiger partial charge in [0, 0.05) is 36.7 Å². The van der Waals surface area contributed by atoms with E-state index in [0.717, 1.165) is 5.56 Å². The van der Waals surface area contributed by atoms with E-state index in [1.165, 1.54) is 13.2 Å². The SMILES string of the molecule is COCCNc1cc(C(=O)OC)ccc1CC(=O)Cc1ccc(Br)cc1F. The summed E-state index contributed by atoms with van der Waals surface area (Å²) in [6.45, 7) is 0.990. The molecule has 0 aliphatic heterocycles. The molecule has 0 bridgehead atoms. The van der Waals surface area contributed by atoms with Crippen LogP contribution in [0, 0.1) is 5.82 Å². The molecule has 0 aromatic heterocycles. The Labute approximate surface area is 166 Å². The van der Waals surface area contributed by atoms with Crippen LogP contribution >= 0.6 is 15.9 Å². The van der Waals surface area contributed by atoms with Crippen LogP contribution in [0.4, 0.5) is 10.1 Å². The minimum atomic E-state index is -0.459. The highest BCUT2D eigenvalue weighted by molar-refractivity contribution is 9.10. The molecule has 0 atom stereocenters. The molecule has 2 rings (SSSR count). The number of benzene rings is 2. The molecule has 27 heavy (non-hydrogen) atoms. The Kier molecular flexibility index (Phi) is 7.94. The summed E-state index contributed by atoms with van der Waals surface area (Å²) in [5.41, 5.74) is 2.11. The number of hydrogen-bond acceptors (Lipinski definition) is 5. The number of ketones is 1. The lowest BCUT2D eigenvalue weighted by Gasteiger charge is -2.13. The molecule has 2 aromatic carbocycles. The number of carbonyl (C=O) groups is 2. The number of ether oxygens (including phenoxy) is 2. The Hall–Kier alpha value is -2.25. The second kappa shape index (κ2) is 10.2. The fourth-order valence-corrected chi connectivity index (χ4v) is 2.91. The van der Waals surface area contributed by atoms with Crippen molar-refractivity contribution >= 4 is 33.4 Å². The highest BCUT2D eigenvalue weighted by Gasteiger charge is 2.14. The van der Waals surface area contributed by atoms with Crippen molar-refractivity contribution < 1.29 is 23.5 Å². The van der Waals surface area contributed by atoms with Crippen molar-refractivity contribution in [2.24, 2.45) is 0 Å². The van der Waals surface area contributed by atoms with Gasteiger partial charge in [-0.3, -0.25) is 4.79 Å². The van der Waals surface area contributed by atoms with E-state index in [4.69, 9.17) is 9.47 Å². The smallest absolute Gasteiger partial charge is 0.337 e. The van der Waals surface area contributed by atoms with E-state index in [1.54, 1.807) is 37.4 Å². The third-order valence-corrected chi connectivity index (χ3v) is 4.44. The van der Waals surface area contributed by atoms with Crippen LogP contribution in [0.1, 0.15) is 21.5 Å². The van der Waals surface area contributed by atoms with Gasteiger partial charge in [-0.05, 0) is 35.4 Å². The lowest BCUT2D eigenvalue weighted by Crippen LogP contribution is -2.14. The second-order valence-electron chi connectivity index (χ2n) is 5.91. The van der Waals surface area contributed by atoms with Crippen molar-refractivity contribution in [1.82, 2.24) is 0 Å². The van der Waals surface area contributed by atoms with Crippen molar-refractivity contribution in [2.45, 2.75) is 12.8 Å². The third-order valence-electron chi connectivity index (χ3n) is 3.94. The van der Waals surface area contributed by atoms with E-state index in [-0.39, 0.29) is 18.6 Å². The molecule has 0 amide bonds. The van der Waals surface area contributed by atoms with Crippen LogP contribution in [-0.4, -0.2) is 39.1 Å². The summed E-state index contributed by atoms with van der Waals surface area (Å²) in [6.07, 6.45) is 0.113. The largest absolute Gasteiger partial charge is 0.465 e. The summed E-state index contributed by atoms with van der Waals surface area (Å²) in [5, 5.41) is 3.16. The molecule has 0 saturated carbocycles. The number of nitrogens with one attached hydrogen (secondary N) is 1. The maximum Gasteiger partial charge on any atom is 0.337 e. The number of halogens is 2. The van der Waals surface area contributed by atoms with Crippen molar-refractivity contribution in [3.63, 3.8) is 0 Å². The molecule has 5 nitrogen and oxygen atoms in total. The monoisotopic (exact) mass is 437 g/mol. The Bertz CT molecular complexity index is 826. The van der Waals surface area contributed by atoms with Crippen LogP contribution in [0.15, 0.2) is 40.9 Å². The molecule has 0 saturated heterocycles. The summed E-state index contributed by atoms with van der Waals surface area (Å²) >= 11 is 3.20. The van der Waals surface area contributed by atoms with Crippen molar-refractivity contribution in [2.75, 3.05) is 32.7 Å². The van der Waals surface area contributed by atoms with Gasteiger partial charge >= 0.3 is 5.97 Å². The normalized spacial score (nSPS) is 10.5. The number of methoxy groups -OCH3 is 2. The van der Waals surface area contributed by atoms with E-state index in [0.29, 0.717) is 34.4 Å². The number of carbonyl (C=O) groups excluding carboxylic acids is 2. The van der Waals surface area contributed by atoms with Gasteiger partial charge in [0.05, 0.1) is 19.3 Å². The zero-order valence-electron chi connectivity index (χ0n) is 15.2. The molecule has 0 spiro atoms. The van der Waals surface area contributed by atoms with E-state index in [9.17, 15) is 14.0 Å². The lowest BCUT2D eigenvalue weighted by molar-refractivity contribution is -0.117. The van der Waals surface area contributed by atoms with Gasteiger partial charge in [-0.2, -0.15) is 0 Å². The van der Waals surface area contributed by atoms with Gasteiger partial charge in [-0.1, -0.05) is 28.1 Å². The summed E-state index contributed by atoms with van der Waals surface area (Å²) in [5.74, 6) is -1.01. The Morgan fingerprint density at radius 1 is 1.07 bits per heavy atom. The maximum absolute atomic E-state index is 14.0. The fourth-order valence-electron chi connectivity index (χ4n) is 2.58. The molecule has 0 aliphatic carbocycles. The Morgan fingerprint density at radius 3 is 2.44 bits per heavy atom. The molecule has 0 unspecified atom stereocenters. The zero-order valence-corrected chi connectivity index (χ0v) is 16.8. The first kappa shape index (κ1) is 21.1. The number of esters is 1. The highest BCUT2D eigenvalue weighted by Crippen LogP contribution is 2.21. The topological polar surface area (TPSA) is 64.6 Å². The molecular formula is C20H21BrFNO4. The van der Waals surface area contributed by atoms with Crippen LogP contribution < -0.4 is 5.32 Å². The van der Waals surface area contributed by atoms with E-state index in [1.807, 2.05) is 0 Å². The molecule has 144 valence electrons. The van der Waals surface area contributed by atoms with Crippen LogP contribution in [0.25, 0.3) is 0 Å². The van der Waals surface area contributed by atoms with E-state index < -0.39 is 11.8 Å². The highest BCUT2D eigenvalue weighted by atomic mass is 79.9. The molecule has 2 aromatic rings. The standard InChI is InChI=1S/C20H21BrFNO4/c1-26-8-7-23-19-11-15(20(25)27-2)4-3-14(19)10-17(24)9-13-5-6-16(21)12-18(13)22/h3-6,11-12,23H,7-10H2,1-2H3. The number of rotatable bonds is 9. The van der Waals surface area contributed by atoms with Gasteiger partial charge in [0.25, 0.3) is 0 Å². The average Bonchev–Trinajstić information content (AvgIpc) is 2.64. The van der Waals surface area contributed by atoms with Crippen molar-refractivity contribution in [3.8, 4) is 0 Å². The van der Waals surface area contributed by atoms with Gasteiger partial charge in [-0.15, -0.1) is 0 Å². The van der Waals surface area contributed by atoms with Gasteiger partial charge in [0.1, 0.15) is 11.6 Å². The van der Waals surface area contributed by atoms with Crippen LogP contribution in [0.3, 0.4) is 0 Å². The quantitative estimate of drug-likeness (QED) is 0.477. The lowest BCUT2D eigenvalue weighted by atomic mass is 9.99. The van der Waals surface area contributed by atoms with Crippen molar-refractivity contribution in [1.29, 1.82) is 0 Å². The molecule has 1 N–H and O–H groups in total. The molecular weight excluding hydrogens is 417 g/mol. The fraction of sp³-hybridized carbons (Fsp3) is 0.300. The summed E-state index contributed by atoms with van der Waals surface area (Å²) in [6, 6.07) is 9.59. The predicted octanol–water partition coefficient (Wildman–Crippen LogP) is 3.79. The summed E-state index contributed by atoms with van der Waals surface area (Å²) in [7, 11) is 2.90. The Balaban J connectivity index is 2.17. The number of Topliss-reactive ketones (excluding diaryl/α,β-unsaturated/α-hetero) is 1. The minimum absolute atomic E-state index is 0.00459. The number of hydrogen-bond donors (Lipinski definition) is 1. The van der Waals surface area contributed by atoms with Crippen molar-refractivity contribution in [3.05, 3.63) is 63.4 Å². The second-order valence-corrected chi connectivity index (χ2v) is 6.83.